The monoisotopic (exact) mass is 290 g/mol. The number of likely N-dealkylation sites (tertiary alicyclic amines) is 1. The van der Waals surface area contributed by atoms with Crippen LogP contribution in [0.3, 0.4) is 0 Å². The van der Waals surface area contributed by atoms with E-state index in [-0.39, 0.29) is 6.09 Å². The Labute approximate surface area is 127 Å². The predicted octanol–water partition coefficient (Wildman–Crippen LogP) is 3.46. The summed E-state index contributed by atoms with van der Waals surface area (Å²) in [5.41, 5.74) is 7.35. The Hall–Kier alpha value is -1.71. The van der Waals surface area contributed by atoms with Gasteiger partial charge >= 0.3 is 6.09 Å². The van der Waals surface area contributed by atoms with Crippen molar-refractivity contribution in [1.82, 2.24) is 4.90 Å². The van der Waals surface area contributed by atoms with E-state index < -0.39 is 5.60 Å². The van der Waals surface area contributed by atoms with Crippen molar-refractivity contribution in [1.29, 1.82) is 0 Å². The van der Waals surface area contributed by atoms with Gasteiger partial charge in [-0.1, -0.05) is 12.1 Å². The zero-order valence-electron chi connectivity index (χ0n) is 13.3. The first-order chi connectivity index (χ1) is 9.83. The minimum Gasteiger partial charge on any atom is -0.444 e. The first kappa shape index (κ1) is 15.7. The van der Waals surface area contributed by atoms with Crippen LogP contribution < -0.4 is 5.73 Å². The first-order valence-corrected chi connectivity index (χ1v) is 7.66. The number of hydrogen-bond acceptors (Lipinski definition) is 3. The van der Waals surface area contributed by atoms with Crippen LogP contribution in [0.5, 0.6) is 0 Å². The smallest absolute Gasteiger partial charge is 0.410 e. The number of carbonyl (C=O) groups excluding carboxylic acids is 1. The lowest BCUT2D eigenvalue weighted by molar-refractivity contribution is 0.0166. The standard InChI is InChI=1S/C17H26N2O2/c1-17(2,3)21-16(20)19-10-4-5-14(12-19)11-13-6-8-15(18)9-7-13/h6-9,14H,4-5,10-12,18H2,1-3H3. The van der Waals surface area contributed by atoms with Crippen molar-refractivity contribution in [2.45, 2.75) is 45.6 Å². The molecule has 1 saturated heterocycles. The highest BCUT2D eigenvalue weighted by atomic mass is 16.6. The number of nitrogens with zero attached hydrogens (tertiary/aromatic N) is 1. The Bertz CT molecular complexity index is 477. The van der Waals surface area contributed by atoms with Gasteiger partial charge in [-0.15, -0.1) is 0 Å². The highest BCUT2D eigenvalue weighted by molar-refractivity contribution is 5.68. The molecule has 1 aliphatic rings. The van der Waals surface area contributed by atoms with Gasteiger partial charge in [0.1, 0.15) is 5.60 Å². The van der Waals surface area contributed by atoms with Crippen LogP contribution in [0.4, 0.5) is 10.5 Å². The van der Waals surface area contributed by atoms with Crippen molar-refractivity contribution < 1.29 is 9.53 Å². The average molecular weight is 290 g/mol. The molecule has 1 unspecified atom stereocenters. The van der Waals surface area contributed by atoms with Crippen LogP contribution in [-0.4, -0.2) is 29.7 Å². The summed E-state index contributed by atoms with van der Waals surface area (Å²) in [4.78, 5) is 14.0. The van der Waals surface area contributed by atoms with E-state index in [1.807, 2.05) is 37.8 Å². The Morgan fingerprint density at radius 1 is 1.33 bits per heavy atom. The molecule has 0 aliphatic carbocycles. The van der Waals surface area contributed by atoms with Crippen LogP contribution in [0, 0.1) is 5.92 Å². The number of amides is 1. The highest BCUT2D eigenvalue weighted by Crippen LogP contribution is 2.23. The van der Waals surface area contributed by atoms with Crippen LogP contribution in [0.2, 0.25) is 0 Å². The van der Waals surface area contributed by atoms with E-state index in [4.69, 9.17) is 10.5 Å². The summed E-state index contributed by atoms with van der Waals surface area (Å²) in [6.07, 6.45) is 2.99. The van der Waals surface area contributed by atoms with Gasteiger partial charge in [0.2, 0.25) is 0 Å². The zero-order valence-corrected chi connectivity index (χ0v) is 13.3. The maximum Gasteiger partial charge on any atom is 0.410 e. The summed E-state index contributed by atoms with van der Waals surface area (Å²) in [5, 5.41) is 0. The molecular formula is C17H26N2O2. The summed E-state index contributed by atoms with van der Waals surface area (Å²) < 4.78 is 5.46. The normalized spacial score (nSPS) is 19.4. The van der Waals surface area contributed by atoms with Gasteiger partial charge < -0.3 is 15.4 Å². The summed E-state index contributed by atoms with van der Waals surface area (Å²) in [7, 11) is 0. The van der Waals surface area contributed by atoms with Crippen LogP contribution in [0.1, 0.15) is 39.2 Å². The molecule has 0 spiro atoms. The van der Waals surface area contributed by atoms with Crippen LogP contribution in [-0.2, 0) is 11.2 Å². The van der Waals surface area contributed by atoms with E-state index in [0.29, 0.717) is 5.92 Å². The van der Waals surface area contributed by atoms with E-state index in [1.54, 1.807) is 0 Å². The third-order valence-electron chi connectivity index (χ3n) is 3.67. The summed E-state index contributed by atoms with van der Waals surface area (Å²) >= 11 is 0. The average Bonchev–Trinajstić information content (AvgIpc) is 2.40. The molecule has 0 aromatic heterocycles. The lowest BCUT2D eigenvalue weighted by Gasteiger charge is -2.34. The van der Waals surface area contributed by atoms with Crippen molar-refractivity contribution in [3.8, 4) is 0 Å². The molecule has 1 fully saturated rings. The first-order valence-electron chi connectivity index (χ1n) is 7.66. The van der Waals surface area contributed by atoms with E-state index >= 15 is 0 Å². The van der Waals surface area contributed by atoms with Crippen molar-refractivity contribution in [3.63, 3.8) is 0 Å². The van der Waals surface area contributed by atoms with Crippen molar-refractivity contribution in [2.75, 3.05) is 18.8 Å². The Kier molecular flexibility index (Phi) is 4.76. The maximum atomic E-state index is 12.1. The SMILES string of the molecule is CC(C)(C)OC(=O)N1CCCC(Cc2ccc(N)cc2)C1. The molecule has 2 rings (SSSR count). The quantitative estimate of drug-likeness (QED) is 0.849. The molecule has 1 aliphatic heterocycles. The Morgan fingerprint density at radius 2 is 2.00 bits per heavy atom. The molecule has 0 bridgehead atoms. The van der Waals surface area contributed by atoms with Gasteiger partial charge in [-0.2, -0.15) is 0 Å². The molecule has 4 heteroatoms. The van der Waals surface area contributed by atoms with Gasteiger partial charge in [0.05, 0.1) is 0 Å². The number of benzene rings is 1. The predicted molar refractivity (Wildman–Crippen MR) is 85.1 cm³/mol. The molecule has 1 aromatic rings. The third kappa shape index (κ3) is 4.96. The molecule has 116 valence electrons. The number of nitrogens with two attached hydrogens (primary N) is 1. The molecular weight excluding hydrogens is 264 g/mol. The summed E-state index contributed by atoms with van der Waals surface area (Å²) in [6.45, 7) is 7.29. The van der Waals surface area contributed by atoms with Crippen molar-refractivity contribution in [2.24, 2.45) is 5.92 Å². The van der Waals surface area contributed by atoms with Crippen LogP contribution in [0.25, 0.3) is 0 Å². The van der Waals surface area contributed by atoms with E-state index in [2.05, 4.69) is 12.1 Å². The number of piperidine rings is 1. The molecule has 1 amide bonds. The van der Waals surface area contributed by atoms with Gasteiger partial charge in [-0.25, -0.2) is 4.79 Å². The van der Waals surface area contributed by atoms with Crippen molar-refractivity contribution in [3.05, 3.63) is 29.8 Å². The molecule has 4 nitrogen and oxygen atoms in total. The number of hydrogen-bond donors (Lipinski definition) is 1. The molecule has 1 aromatic carbocycles. The summed E-state index contributed by atoms with van der Waals surface area (Å²) in [6, 6.07) is 8.01. The fourth-order valence-corrected chi connectivity index (χ4v) is 2.71. The lowest BCUT2D eigenvalue weighted by Crippen LogP contribution is -2.43. The van der Waals surface area contributed by atoms with E-state index in [1.165, 1.54) is 5.56 Å². The van der Waals surface area contributed by atoms with Gasteiger partial charge in [0.25, 0.3) is 0 Å². The second-order valence-electron chi connectivity index (χ2n) is 6.88. The third-order valence-corrected chi connectivity index (χ3v) is 3.67. The van der Waals surface area contributed by atoms with Crippen LogP contribution >= 0.6 is 0 Å². The second kappa shape index (κ2) is 6.37. The van der Waals surface area contributed by atoms with Gasteiger partial charge in [-0.05, 0) is 63.6 Å². The fourth-order valence-electron chi connectivity index (χ4n) is 2.71. The molecule has 2 N–H and O–H groups in total. The molecule has 0 saturated carbocycles. The number of rotatable bonds is 2. The molecule has 21 heavy (non-hydrogen) atoms. The molecule has 1 atom stereocenters. The van der Waals surface area contributed by atoms with Gasteiger partial charge in [0.15, 0.2) is 0 Å². The topological polar surface area (TPSA) is 55.6 Å². The lowest BCUT2D eigenvalue weighted by atomic mass is 9.91. The Morgan fingerprint density at radius 3 is 2.62 bits per heavy atom. The maximum absolute atomic E-state index is 12.1. The number of anilines is 1. The van der Waals surface area contributed by atoms with Gasteiger partial charge in [0, 0.05) is 18.8 Å². The van der Waals surface area contributed by atoms with Crippen molar-refractivity contribution >= 4 is 11.8 Å². The second-order valence-corrected chi connectivity index (χ2v) is 6.88. The minimum absolute atomic E-state index is 0.190. The molecule has 1 heterocycles. The number of ether oxygens (including phenoxy) is 1. The highest BCUT2D eigenvalue weighted by Gasteiger charge is 2.27. The number of carbonyl (C=O) groups is 1. The molecule has 0 radical (unpaired) electrons. The fraction of sp³-hybridized carbons (Fsp3) is 0.588. The van der Waals surface area contributed by atoms with E-state index in [0.717, 1.165) is 38.0 Å². The summed E-state index contributed by atoms with van der Waals surface area (Å²) in [5.74, 6) is 0.495. The van der Waals surface area contributed by atoms with Crippen LogP contribution in [0.15, 0.2) is 24.3 Å². The zero-order chi connectivity index (χ0) is 15.5. The largest absolute Gasteiger partial charge is 0.444 e. The number of nitrogen functional groups attached to an aromatic ring is 1. The Balaban J connectivity index is 1.91. The minimum atomic E-state index is -0.430. The van der Waals surface area contributed by atoms with E-state index in [9.17, 15) is 4.79 Å². The van der Waals surface area contributed by atoms with Gasteiger partial charge in [-0.3, -0.25) is 0 Å².